The first-order valence-corrected chi connectivity index (χ1v) is 9.42. The van der Waals surface area contributed by atoms with Crippen molar-refractivity contribution in [1.82, 2.24) is 10.0 Å². The minimum atomic E-state index is -3.61. The average molecular weight is 364 g/mol. The minimum Gasteiger partial charge on any atom is -0.356 e. The molecule has 0 aromatic heterocycles. The van der Waals surface area contributed by atoms with Crippen LogP contribution in [-0.4, -0.2) is 27.4 Å². The SMILES string of the molecule is Cc1ccc(S(=O)(=O)NCCC(=O)NCCc2cccc(F)c2)cc1. The van der Waals surface area contributed by atoms with Crippen molar-refractivity contribution in [3.05, 3.63) is 65.5 Å². The van der Waals surface area contributed by atoms with Gasteiger partial charge in [0.1, 0.15) is 5.82 Å². The van der Waals surface area contributed by atoms with E-state index in [0.717, 1.165) is 11.1 Å². The van der Waals surface area contributed by atoms with Gasteiger partial charge in [-0.15, -0.1) is 0 Å². The minimum absolute atomic E-state index is 0.0159. The number of amides is 1. The van der Waals surface area contributed by atoms with Crippen LogP contribution in [0.25, 0.3) is 0 Å². The number of nitrogens with one attached hydrogen (secondary N) is 2. The van der Waals surface area contributed by atoms with Gasteiger partial charge in [0.15, 0.2) is 0 Å². The zero-order chi connectivity index (χ0) is 18.3. The van der Waals surface area contributed by atoms with E-state index in [1.807, 2.05) is 6.92 Å². The van der Waals surface area contributed by atoms with Crippen LogP contribution in [0.2, 0.25) is 0 Å². The lowest BCUT2D eigenvalue weighted by Crippen LogP contribution is -2.31. The highest BCUT2D eigenvalue weighted by Crippen LogP contribution is 2.09. The van der Waals surface area contributed by atoms with E-state index in [1.54, 1.807) is 24.3 Å². The molecule has 2 N–H and O–H groups in total. The number of halogens is 1. The van der Waals surface area contributed by atoms with Crippen molar-refractivity contribution in [2.45, 2.75) is 24.7 Å². The molecule has 2 aromatic rings. The van der Waals surface area contributed by atoms with Gasteiger partial charge in [0.05, 0.1) is 4.90 Å². The molecule has 0 heterocycles. The van der Waals surface area contributed by atoms with E-state index in [-0.39, 0.29) is 29.6 Å². The van der Waals surface area contributed by atoms with Crippen molar-refractivity contribution in [3.63, 3.8) is 0 Å². The molecule has 0 fully saturated rings. The van der Waals surface area contributed by atoms with Crippen LogP contribution in [-0.2, 0) is 21.2 Å². The summed E-state index contributed by atoms with van der Waals surface area (Å²) in [7, 11) is -3.61. The van der Waals surface area contributed by atoms with Crippen molar-refractivity contribution in [2.75, 3.05) is 13.1 Å². The van der Waals surface area contributed by atoms with Crippen molar-refractivity contribution in [2.24, 2.45) is 0 Å². The largest absolute Gasteiger partial charge is 0.356 e. The van der Waals surface area contributed by atoms with Crippen molar-refractivity contribution < 1.29 is 17.6 Å². The highest BCUT2D eigenvalue weighted by Gasteiger charge is 2.13. The van der Waals surface area contributed by atoms with Gasteiger partial charge in [-0.1, -0.05) is 29.8 Å². The molecule has 1 amide bonds. The Bertz CT molecular complexity index is 820. The van der Waals surface area contributed by atoms with Crippen molar-refractivity contribution in [1.29, 1.82) is 0 Å². The Morgan fingerprint density at radius 3 is 2.48 bits per heavy atom. The second-order valence-corrected chi connectivity index (χ2v) is 7.46. The van der Waals surface area contributed by atoms with Crippen LogP contribution in [0.3, 0.4) is 0 Å². The molecule has 0 saturated heterocycles. The van der Waals surface area contributed by atoms with Gasteiger partial charge in [0.25, 0.3) is 0 Å². The number of aryl methyl sites for hydroxylation is 1. The van der Waals surface area contributed by atoms with Gasteiger partial charge in [-0.2, -0.15) is 0 Å². The summed E-state index contributed by atoms with van der Waals surface area (Å²) in [5.74, 6) is -0.572. The fourth-order valence-electron chi connectivity index (χ4n) is 2.23. The lowest BCUT2D eigenvalue weighted by atomic mass is 10.1. The molecule has 0 spiro atoms. The van der Waals surface area contributed by atoms with E-state index in [0.29, 0.717) is 13.0 Å². The van der Waals surface area contributed by atoms with Crippen LogP contribution in [0.5, 0.6) is 0 Å². The van der Waals surface area contributed by atoms with Gasteiger partial charge in [-0.25, -0.2) is 17.5 Å². The molecule has 0 bridgehead atoms. The Labute approximate surface area is 147 Å². The molecule has 2 rings (SSSR count). The van der Waals surface area contributed by atoms with Gasteiger partial charge in [0.2, 0.25) is 15.9 Å². The van der Waals surface area contributed by atoms with Gasteiger partial charge in [-0.05, 0) is 43.2 Å². The number of rotatable bonds is 8. The Morgan fingerprint density at radius 1 is 1.08 bits per heavy atom. The molecular formula is C18H21FN2O3S. The summed E-state index contributed by atoms with van der Waals surface area (Å²) in [6.45, 7) is 2.26. The monoisotopic (exact) mass is 364 g/mol. The van der Waals surface area contributed by atoms with Crippen LogP contribution in [0.1, 0.15) is 17.5 Å². The first-order chi connectivity index (χ1) is 11.9. The van der Waals surface area contributed by atoms with Gasteiger partial charge in [0, 0.05) is 19.5 Å². The van der Waals surface area contributed by atoms with Gasteiger partial charge in [-0.3, -0.25) is 4.79 Å². The maximum Gasteiger partial charge on any atom is 0.240 e. The highest BCUT2D eigenvalue weighted by atomic mass is 32.2. The molecular weight excluding hydrogens is 343 g/mol. The lowest BCUT2D eigenvalue weighted by Gasteiger charge is -2.08. The second kappa shape index (κ2) is 8.73. The number of sulfonamides is 1. The molecule has 0 aliphatic carbocycles. The van der Waals surface area contributed by atoms with Gasteiger partial charge < -0.3 is 5.32 Å². The predicted molar refractivity (Wildman–Crippen MR) is 94.1 cm³/mol. The van der Waals surface area contributed by atoms with E-state index in [4.69, 9.17) is 0 Å². The molecule has 25 heavy (non-hydrogen) atoms. The molecule has 0 radical (unpaired) electrons. The van der Waals surface area contributed by atoms with Gasteiger partial charge >= 0.3 is 0 Å². The highest BCUT2D eigenvalue weighted by molar-refractivity contribution is 7.89. The Morgan fingerprint density at radius 2 is 1.80 bits per heavy atom. The first kappa shape index (κ1) is 19.1. The number of carbonyl (C=O) groups excluding carboxylic acids is 1. The van der Waals surface area contributed by atoms with E-state index in [2.05, 4.69) is 10.0 Å². The number of benzene rings is 2. The van der Waals surface area contributed by atoms with Crippen molar-refractivity contribution in [3.8, 4) is 0 Å². The number of carbonyl (C=O) groups is 1. The fraction of sp³-hybridized carbons (Fsp3) is 0.278. The smallest absolute Gasteiger partial charge is 0.240 e. The maximum absolute atomic E-state index is 13.0. The summed E-state index contributed by atoms with van der Waals surface area (Å²) in [5.41, 5.74) is 1.76. The fourth-order valence-corrected chi connectivity index (χ4v) is 3.26. The van der Waals surface area contributed by atoms with E-state index in [1.165, 1.54) is 24.3 Å². The average Bonchev–Trinajstić information content (AvgIpc) is 2.55. The molecule has 0 aliphatic rings. The molecule has 0 atom stereocenters. The molecule has 0 unspecified atom stereocenters. The Balaban J connectivity index is 1.72. The maximum atomic E-state index is 13.0. The normalized spacial score (nSPS) is 11.3. The summed E-state index contributed by atoms with van der Waals surface area (Å²) < 4.78 is 39.6. The molecule has 5 nitrogen and oxygen atoms in total. The first-order valence-electron chi connectivity index (χ1n) is 7.94. The zero-order valence-electron chi connectivity index (χ0n) is 14.0. The molecule has 7 heteroatoms. The molecule has 0 aliphatic heterocycles. The molecule has 0 saturated carbocycles. The third kappa shape index (κ3) is 6.28. The summed E-state index contributed by atoms with van der Waals surface area (Å²) in [4.78, 5) is 11.9. The van der Waals surface area contributed by atoms with E-state index in [9.17, 15) is 17.6 Å². The van der Waals surface area contributed by atoms with Crippen LogP contribution in [0.15, 0.2) is 53.4 Å². The van der Waals surface area contributed by atoms with E-state index >= 15 is 0 Å². The number of hydrogen-bond donors (Lipinski definition) is 2. The van der Waals surface area contributed by atoms with Crippen LogP contribution in [0, 0.1) is 12.7 Å². The third-order valence-corrected chi connectivity index (χ3v) is 5.08. The Kier molecular flexibility index (Phi) is 6.66. The van der Waals surface area contributed by atoms with E-state index < -0.39 is 10.0 Å². The summed E-state index contributed by atoms with van der Waals surface area (Å²) >= 11 is 0. The molecule has 134 valence electrons. The van der Waals surface area contributed by atoms with Crippen LogP contribution < -0.4 is 10.0 Å². The second-order valence-electron chi connectivity index (χ2n) is 5.69. The topological polar surface area (TPSA) is 75.3 Å². The Hall–Kier alpha value is -2.25. The van der Waals surface area contributed by atoms with Crippen molar-refractivity contribution >= 4 is 15.9 Å². The standard InChI is InChI=1S/C18H21FN2O3S/c1-14-5-7-17(8-6-14)25(23,24)21-12-10-18(22)20-11-9-15-3-2-4-16(19)13-15/h2-8,13,21H,9-12H2,1H3,(H,20,22). The number of hydrogen-bond acceptors (Lipinski definition) is 3. The van der Waals surface area contributed by atoms with Crippen LogP contribution >= 0.6 is 0 Å². The predicted octanol–water partition coefficient (Wildman–Crippen LogP) is 2.16. The quantitative estimate of drug-likeness (QED) is 0.754. The summed E-state index contributed by atoms with van der Waals surface area (Å²) in [6, 6.07) is 12.7. The molecule has 2 aromatic carbocycles. The van der Waals surface area contributed by atoms with Crippen LogP contribution in [0.4, 0.5) is 4.39 Å². The summed E-state index contributed by atoms with van der Waals surface area (Å²) in [6.07, 6.45) is 0.548. The lowest BCUT2D eigenvalue weighted by molar-refractivity contribution is -0.120. The summed E-state index contributed by atoms with van der Waals surface area (Å²) in [5, 5.41) is 2.69. The third-order valence-electron chi connectivity index (χ3n) is 3.60. The zero-order valence-corrected chi connectivity index (χ0v) is 14.8.